The Labute approximate surface area is 149 Å². The van der Waals surface area contributed by atoms with E-state index in [2.05, 4.69) is 84.0 Å². The van der Waals surface area contributed by atoms with Gasteiger partial charge in [0.25, 0.3) is 0 Å². The normalized spacial score (nSPS) is 18.4. The molecule has 1 unspecified atom stereocenters. The zero-order chi connectivity index (χ0) is 16.7. The van der Waals surface area contributed by atoms with E-state index in [1.807, 2.05) is 0 Å². The first-order valence-corrected chi connectivity index (χ1v) is 8.85. The number of halogens is 1. The van der Waals surface area contributed by atoms with Gasteiger partial charge in [-0.1, -0.05) is 12.1 Å². The molecule has 1 saturated heterocycles. The molecule has 6 nitrogen and oxygen atoms in total. The summed E-state index contributed by atoms with van der Waals surface area (Å²) < 4.78 is 0.835. The third-order valence-electron chi connectivity index (χ3n) is 4.55. The first-order valence-electron chi connectivity index (χ1n) is 8.06. The minimum atomic E-state index is 0.399. The van der Waals surface area contributed by atoms with Crippen LogP contribution in [0.3, 0.4) is 0 Å². The SMILES string of the molecule is Cc1cccc(N2CCN(c3ncnc4n[nH]c(Br)c34)CC2C)c1. The van der Waals surface area contributed by atoms with Crippen LogP contribution in [-0.2, 0) is 0 Å². The van der Waals surface area contributed by atoms with Crippen LogP contribution in [-0.4, -0.2) is 45.8 Å². The zero-order valence-corrected chi connectivity index (χ0v) is 15.3. The van der Waals surface area contributed by atoms with Crippen LogP contribution in [0.4, 0.5) is 11.5 Å². The van der Waals surface area contributed by atoms with Crippen molar-refractivity contribution in [3.8, 4) is 0 Å². The van der Waals surface area contributed by atoms with E-state index in [-0.39, 0.29) is 0 Å². The fourth-order valence-electron chi connectivity index (χ4n) is 3.39. The second-order valence-electron chi connectivity index (χ2n) is 6.26. The lowest BCUT2D eigenvalue weighted by Gasteiger charge is -2.42. The van der Waals surface area contributed by atoms with Gasteiger partial charge in [-0.05, 0) is 47.5 Å². The van der Waals surface area contributed by atoms with Crippen LogP contribution in [0.25, 0.3) is 11.0 Å². The van der Waals surface area contributed by atoms with Crippen LogP contribution in [0.15, 0.2) is 35.2 Å². The van der Waals surface area contributed by atoms with E-state index in [1.54, 1.807) is 6.33 Å². The number of aromatic amines is 1. The molecule has 1 N–H and O–H groups in total. The van der Waals surface area contributed by atoms with Gasteiger partial charge in [-0.25, -0.2) is 9.97 Å². The van der Waals surface area contributed by atoms with E-state index in [0.717, 1.165) is 35.4 Å². The summed E-state index contributed by atoms with van der Waals surface area (Å²) in [5.74, 6) is 0.941. The number of benzene rings is 1. The molecule has 1 aliphatic heterocycles. The molecule has 124 valence electrons. The number of hydrogen-bond donors (Lipinski definition) is 1. The molecule has 0 saturated carbocycles. The van der Waals surface area contributed by atoms with Crippen LogP contribution in [0.2, 0.25) is 0 Å². The fraction of sp³-hybridized carbons (Fsp3) is 0.353. The molecule has 7 heteroatoms. The highest BCUT2D eigenvalue weighted by atomic mass is 79.9. The topological polar surface area (TPSA) is 60.9 Å². The molecule has 4 rings (SSSR count). The van der Waals surface area contributed by atoms with Crippen LogP contribution >= 0.6 is 15.9 Å². The van der Waals surface area contributed by atoms with Crippen LogP contribution < -0.4 is 9.80 Å². The molecule has 24 heavy (non-hydrogen) atoms. The number of H-pyrrole nitrogens is 1. The predicted octanol–water partition coefficient (Wildman–Crippen LogP) is 3.14. The Morgan fingerprint density at radius 1 is 1.25 bits per heavy atom. The number of fused-ring (bicyclic) bond motifs is 1. The van der Waals surface area contributed by atoms with E-state index in [4.69, 9.17) is 0 Å². The van der Waals surface area contributed by atoms with Gasteiger partial charge < -0.3 is 9.80 Å². The number of anilines is 2. The van der Waals surface area contributed by atoms with E-state index in [0.29, 0.717) is 11.7 Å². The Bertz CT molecular complexity index is 876. The molecule has 0 radical (unpaired) electrons. The number of rotatable bonds is 2. The number of aromatic nitrogens is 4. The van der Waals surface area contributed by atoms with Gasteiger partial charge in [0.15, 0.2) is 5.65 Å². The van der Waals surface area contributed by atoms with Crippen molar-refractivity contribution >= 4 is 38.5 Å². The number of aryl methyl sites for hydroxylation is 1. The molecule has 0 bridgehead atoms. The van der Waals surface area contributed by atoms with E-state index >= 15 is 0 Å². The van der Waals surface area contributed by atoms with Crippen molar-refractivity contribution < 1.29 is 0 Å². The van der Waals surface area contributed by atoms with Crippen molar-refractivity contribution in [2.75, 3.05) is 29.4 Å². The lowest BCUT2D eigenvalue weighted by atomic mass is 10.1. The van der Waals surface area contributed by atoms with Crippen LogP contribution in [0.1, 0.15) is 12.5 Å². The molecule has 1 atom stereocenters. The lowest BCUT2D eigenvalue weighted by Crippen LogP contribution is -2.52. The summed E-state index contributed by atoms with van der Waals surface area (Å²) in [7, 11) is 0. The molecule has 2 aromatic heterocycles. The van der Waals surface area contributed by atoms with Crippen molar-refractivity contribution in [1.29, 1.82) is 0 Å². The largest absolute Gasteiger partial charge is 0.365 e. The van der Waals surface area contributed by atoms with Gasteiger partial charge in [0.2, 0.25) is 0 Å². The molecule has 0 aliphatic carbocycles. The maximum Gasteiger partial charge on any atom is 0.187 e. The first-order chi connectivity index (χ1) is 11.6. The van der Waals surface area contributed by atoms with Crippen molar-refractivity contribution in [1.82, 2.24) is 20.2 Å². The number of hydrogen-bond acceptors (Lipinski definition) is 5. The van der Waals surface area contributed by atoms with Gasteiger partial charge >= 0.3 is 0 Å². The first kappa shape index (κ1) is 15.4. The fourth-order valence-corrected chi connectivity index (χ4v) is 3.83. The highest BCUT2D eigenvalue weighted by molar-refractivity contribution is 9.10. The smallest absolute Gasteiger partial charge is 0.187 e. The monoisotopic (exact) mass is 386 g/mol. The minimum Gasteiger partial charge on any atom is -0.365 e. The Kier molecular flexibility index (Phi) is 3.88. The van der Waals surface area contributed by atoms with Crippen LogP contribution in [0, 0.1) is 6.92 Å². The molecule has 3 heterocycles. The summed E-state index contributed by atoms with van der Waals surface area (Å²) in [4.78, 5) is 13.5. The van der Waals surface area contributed by atoms with Crippen molar-refractivity contribution in [3.05, 3.63) is 40.8 Å². The lowest BCUT2D eigenvalue weighted by molar-refractivity contribution is 0.548. The third kappa shape index (κ3) is 2.62. The number of nitrogens with one attached hydrogen (secondary N) is 1. The summed E-state index contributed by atoms with van der Waals surface area (Å²) in [6, 6.07) is 9.10. The third-order valence-corrected chi connectivity index (χ3v) is 5.12. The van der Waals surface area contributed by atoms with Gasteiger partial charge in [-0.3, -0.25) is 5.10 Å². The minimum absolute atomic E-state index is 0.399. The predicted molar refractivity (Wildman–Crippen MR) is 99.6 cm³/mol. The number of nitrogens with zero attached hydrogens (tertiary/aromatic N) is 5. The van der Waals surface area contributed by atoms with Gasteiger partial charge in [0.1, 0.15) is 16.7 Å². The highest BCUT2D eigenvalue weighted by Crippen LogP contribution is 2.30. The van der Waals surface area contributed by atoms with Crippen molar-refractivity contribution in [2.24, 2.45) is 0 Å². The van der Waals surface area contributed by atoms with Gasteiger partial charge in [0.05, 0.1) is 5.39 Å². The average Bonchev–Trinajstić information content (AvgIpc) is 2.96. The molecule has 1 fully saturated rings. The summed E-state index contributed by atoms with van der Waals surface area (Å²) in [5, 5.41) is 8.09. The Morgan fingerprint density at radius 2 is 2.12 bits per heavy atom. The molecule has 1 aliphatic rings. The highest BCUT2D eigenvalue weighted by Gasteiger charge is 2.27. The molecule has 1 aromatic carbocycles. The number of piperazine rings is 1. The summed E-state index contributed by atoms with van der Waals surface area (Å²) >= 11 is 3.52. The molecular formula is C17H19BrN6. The summed E-state index contributed by atoms with van der Waals surface area (Å²) in [5.41, 5.74) is 3.28. The standard InChI is InChI=1S/C17H19BrN6/c1-11-4-3-5-13(8-11)24-7-6-23(9-12(24)2)17-14-15(18)21-22-16(14)19-10-20-17/h3-5,8,10,12H,6-7,9H2,1-2H3,(H,19,20,21,22). The van der Waals surface area contributed by atoms with Crippen molar-refractivity contribution in [3.63, 3.8) is 0 Å². The average molecular weight is 387 g/mol. The second-order valence-corrected chi connectivity index (χ2v) is 7.05. The molecule has 3 aromatic rings. The van der Waals surface area contributed by atoms with Crippen molar-refractivity contribution in [2.45, 2.75) is 19.9 Å². The Balaban J connectivity index is 1.61. The second kappa shape index (κ2) is 6.05. The summed E-state index contributed by atoms with van der Waals surface area (Å²) in [6.07, 6.45) is 1.59. The van der Waals surface area contributed by atoms with E-state index in [9.17, 15) is 0 Å². The quantitative estimate of drug-likeness (QED) is 0.732. The van der Waals surface area contributed by atoms with E-state index < -0.39 is 0 Å². The van der Waals surface area contributed by atoms with Gasteiger partial charge in [-0.15, -0.1) is 0 Å². The molecule has 0 amide bonds. The molecular weight excluding hydrogens is 368 g/mol. The Hall–Kier alpha value is -2.15. The maximum atomic E-state index is 4.52. The van der Waals surface area contributed by atoms with Crippen LogP contribution in [0.5, 0.6) is 0 Å². The van der Waals surface area contributed by atoms with Gasteiger partial charge in [-0.2, -0.15) is 5.10 Å². The summed E-state index contributed by atoms with van der Waals surface area (Å²) in [6.45, 7) is 7.20. The molecule has 0 spiro atoms. The van der Waals surface area contributed by atoms with E-state index in [1.165, 1.54) is 11.3 Å². The Morgan fingerprint density at radius 3 is 2.92 bits per heavy atom. The zero-order valence-electron chi connectivity index (χ0n) is 13.7. The maximum absolute atomic E-state index is 4.52. The van der Waals surface area contributed by atoms with Gasteiger partial charge in [0, 0.05) is 31.4 Å².